The average molecular weight is 545 g/mol. The van der Waals surface area contributed by atoms with E-state index in [1.54, 1.807) is 9.58 Å². The van der Waals surface area contributed by atoms with E-state index in [-0.39, 0.29) is 35.4 Å². The Labute approximate surface area is 232 Å². The normalized spacial score (nSPS) is 16.0. The van der Waals surface area contributed by atoms with E-state index in [1.165, 1.54) is 11.8 Å². The number of hydrogen-bond acceptors (Lipinski definition) is 4. The van der Waals surface area contributed by atoms with Gasteiger partial charge >= 0.3 is 0 Å². The monoisotopic (exact) mass is 544 g/mol. The van der Waals surface area contributed by atoms with E-state index < -0.39 is 0 Å². The maximum absolute atomic E-state index is 13.7. The summed E-state index contributed by atoms with van der Waals surface area (Å²) in [5.41, 5.74) is 4.25. The van der Waals surface area contributed by atoms with Gasteiger partial charge in [-0.3, -0.25) is 14.5 Å². The summed E-state index contributed by atoms with van der Waals surface area (Å²) < 4.78 is 1.79. The van der Waals surface area contributed by atoms with Crippen LogP contribution in [0, 0.1) is 0 Å². The number of para-hydroxylation sites is 1. The maximum atomic E-state index is 13.7. The molecule has 3 aromatic carbocycles. The topological polar surface area (TPSA) is 67.2 Å². The lowest BCUT2D eigenvalue weighted by Crippen LogP contribution is -2.44. The zero-order chi connectivity index (χ0) is 26.6. The molecule has 0 saturated carbocycles. The molecular weight excluding hydrogens is 516 g/mol. The van der Waals surface area contributed by atoms with Crippen LogP contribution in [0.4, 0.5) is 5.82 Å². The molecule has 0 saturated heterocycles. The van der Waals surface area contributed by atoms with Crippen LogP contribution >= 0.6 is 23.4 Å². The van der Waals surface area contributed by atoms with Crippen molar-refractivity contribution in [2.75, 3.05) is 17.2 Å². The third kappa shape index (κ3) is 5.22. The molecule has 2 atom stereocenters. The van der Waals surface area contributed by atoms with Crippen LogP contribution in [0.1, 0.15) is 36.6 Å². The molecule has 1 aliphatic rings. The number of benzene rings is 3. The third-order valence-corrected chi connectivity index (χ3v) is 8.23. The first-order chi connectivity index (χ1) is 18.5. The van der Waals surface area contributed by atoms with E-state index >= 15 is 0 Å². The molecule has 1 aliphatic heterocycles. The highest BCUT2D eigenvalue weighted by atomic mass is 35.5. The largest absolute Gasteiger partial charge is 0.352 e. The fraction of sp³-hybridized carbons (Fsp3) is 0.233. The molecule has 0 spiro atoms. The predicted octanol–water partition coefficient (Wildman–Crippen LogP) is 6.28. The maximum Gasteiger partial charge on any atom is 0.240 e. The van der Waals surface area contributed by atoms with Crippen molar-refractivity contribution < 1.29 is 9.59 Å². The number of fused-ring (bicyclic) bond motifs is 1. The minimum atomic E-state index is -0.266. The van der Waals surface area contributed by atoms with Gasteiger partial charge in [-0.1, -0.05) is 85.3 Å². The Morgan fingerprint density at radius 1 is 1.05 bits per heavy atom. The summed E-state index contributed by atoms with van der Waals surface area (Å²) in [6, 6.07) is 27.4. The van der Waals surface area contributed by atoms with Gasteiger partial charge in [-0.15, -0.1) is 11.8 Å². The first-order valence-electron chi connectivity index (χ1n) is 12.7. The summed E-state index contributed by atoms with van der Waals surface area (Å²) in [6.07, 6.45) is 0.801. The zero-order valence-corrected chi connectivity index (χ0v) is 22.9. The summed E-state index contributed by atoms with van der Waals surface area (Å²) in [6.45, 7) is 3.87. The van der Waals surface area contributed by atoms with Crippen molar-refractivity contribution in [3.8, 4) is 16.9 Å². The quantitative estimate of drug-likeness (QED) is 0.297. The lowest BCUT2D eigenvalue weighted by Gasteiger charge is -2.24. The van der Waals surface area contributed by atoms with E-state index in [4.69, 9.17) is 16.7 Å². The third-order valence-electron chi connectivity index (χ3n) is 6.65. The van der Waals surface area contributed by atoms with Gasteiger partial charge in [0, 0.05) is 22.2 Å². The van der Waals surface area contributed by atoms with E-state index in [0.29, 0.717) is 10.8 Å². The van der Waals surface area contributed by atoms with Crippen molar-refractivity contribution >= 4 is 41.0 Å². The summed E-state index contributed by atoms with van der Waals surface area (Å²) in [5.74, 6) is 0.433. The molecule has 2 heterocycles. The van der Waals surface area contributed by atoms with Crippen molar-refractivity contribution in [2.45, 2.75) is 31.6 Å². The Kier molecular flexibility index (Phi) is 7.86. The molecular formula is C30H29ClN4O2S. The van der Waals surface area contributed by atoms with Crippen LogP contribution in [0.25, 0.3) is 16.9 Å². The number of thioether (sulfide) groups is 1. The number of amides is 2. The second-order valence-electron chi connectivity index (χ2n) is 9.27. The summed E-state index contributed by atoms with van der Waals surface area (Å²) in [4.78, 5) is 28.4. The van der Waals surface area contributed by atoms with Crippen molar-refractivity contribution in [3.63, 3.8) is 0 Å². The van der Waals surface area contributed by atoms with E-state index in [0.717, 1.165) is 34.5 Å². The molecule has 0 fully saturated rings. The molecule has 2 amide bonds. The summed E-state index contributed by atoms with van der Waals surface area (Å²) >= 11 is 8.23. The minimum Gasteiger partial charge on any atom is -0.352 e. The number of carbonyl (C=O) groups is 2. The van der Waals surface area contributed by atoms with Crippen molar-refractivity contribution in [1.29, 1.82) is 0 Å². The predicted molar refractivity (Wildman–Crippen MR) is 155 cm³/mol. The van der Waals surface area contributed by atoms with Crippen LogP contribution < -0.4 is 10.2 Å². The highest BCUT2D eigenvalue weighted by Crippen LogP contribution is 2.49. The molecule has 6 nitrogen and oxygen atoms in total. The number of aromatic nitrogens is 2. The number of rotatable bonds is 7. The Hall–Kier alpha value is -3.55. The van der Waals surface area contributed by atoms with Crippen LogP contribution in [0.5, 0.6) is 0 Å². The van der Waals surface area contributed by atoms with Gasteiger partial charge in [-0.2, -0.15) is 5.10 Å². The van der Waals surface area contributed by atoms with E-state index in [1.807, 2.05) is 98.8 Å². The van der Waals surface area contributed by atoms with Crippen LogP contribution in [-0.4, -0.2) is 39.9 Å². The van der Waals surface area contributed by atoms with Gasteiger partial charge in [0.25, 0.3) is 0 Å². The van der Waals surface area contributed by atoms with Crippen LogP contribution in [0.15, 0.2) is 84.9 Å². The fourth-order valence-corrected chi connectivity index (χ4v) is 6.12. The molecule has 0 bridgehead atoms. The summed E-state index contributed by atoms with van der Waals surface area (Å²) in [5, 5.41) is 8.45. The highest BCUT2D eigenvalue weighted by molar-refractivity contribution is 8.00. The number of nitrogens with zero attached hydrogens (tertiary/aromatic N) is 3. The Morgan fingerprint density at radius 2 is 1.71 bits per heavy atom. The average Bonchev–Trinajstić information content (AvgIpc) is 3.27. The van der Waals surface area contributed by atoms with E-state index in [2.05, 4.69) is 5.32 Å². The number of hydrogen-bond donors (Lipinski definition) is 1. The van der Waals surface area contributed by atoms with Gasteiger partial charge < -0.3 is 5.32 Å². The second-order valence-corrected chi connectivity index (χ2v) is 10.8. The molecule has 0 unspecified atom stereocenters. The Morgan fingerprint density at radius 3 is 2.39 bits per heavy atom. The molecule has 0 radical (unpaired) electrons. The standard InChI is InChI=1S/C30H29ClN4O2S/c1-3-20(2)32-25(36)18-34-26(37)19-38-29(23-16-10-11-17-24(23)31)27-28(21-12-6-4-7-13-21)33-35(30(27)34)22-14-8-5-9-15-22/h4-17,20,29H,3,18-19H2,1-2H3,(H,32,36)/t20-,29-/m1/s1. The number of halogens is 1. The van der Waals surface area contributed by atoms with Crippen molar-refractivity contribution in [2.24, 2.45) is 0 Å². The molecule has 38 heavy (non-hydrogen) atoms. The van der Waals surface area contributed by atoms with Gasteiger partial charge in [0.2, 0.25) is 11.8 Å². The van der Waals surface area contributed by atoms with Gasteiger partial charge in [-0.25, -0.2) is 4.68 Å². The molecule has 8 heteroatoms. The Balaban J connectivity index is 1.78. The van der Waals surface area contributed by atoms with Gasteiger partial charge in [0.15, 0.2) is 0 Å². The molecule has 4 aromatic rings. The highest BCUT2D eigenvalue weighted by Gasteiger charge is 2.38. The minimum absolute atomic E-state index is 0.00760. The van der Waals surface area contributed by atoms with Crippen molar-refractivity contribution in [3.05, 3.63) is 101 Å². The Bertz CT molecular complexity index is 1440. The van der Waals surface area contributed by atoms with Crippen LogP contribution in [0.2, 0.25) is 5.02 Å². The number of carbonyl (C=O) groups excluding carboxylic acids is 2. The van der Waals surface area contributed by atoms with Gasteiger partial charge in [0.05, 0.1) is 22.4 Å². The van der Waals surface area contributed by atoms with Gasteiger partial charge in [0.1, 0.15) is 12.4 Å². The second kappa shape index (κ2) is 11.5. The first-order valence-corrected chi connectivity index (χ1v) is 14.1. The first kappa shape index (κ1) is 26.1. The number of anilines is 1. The zero-order valence-electron chi connectivity index (χ0n) is 21.3. The van der Waals surface area contributed by atoms with Crippen LogP contribution in [0.3, 0.4) is 0 Å². The smallest absolute Gasteiger partial charge is 0.240 e. The van der Waals surface area contributed by atoms with E-state index in [9.17, 15) is 9.59 Å². The van der Waals surface area contributed by atoms with Gasteiger partial charge in [-0.05, 0) is 37.1 Å². The molecule has 1 aromatic heterocycles. The molecule has 194 valence electrons. The number of nitrogens with one attached hydrogen (secondary N) is 1. The fourth-order valence-electron chi connectivity index (χ4n) is 4.58. The lowest BCUT2D eigenvalue weighted by atomic mass is 9.99. The SMILES string of the molecule is CC[C@@H](C)NC(=O)CN1C(=O)CS[C@H](c2ccccc2Cl)c2c(-c3ccccc3)nn(-c3ccccc3)c21. The molecule has 1 N–H and O–H groups in total. The lowest BCUT2D eigenvalue weighted by molar-refractivity contribution is -0.123. The molecule has 5 rings (SSSR count). The summed E-state index contributed by atoms with van der Waals surface area (Å²) in [7, 11) is 0. The van der Waals surface area contributed by atoms with Crippen LogP contribution in [-0.2, 0) is 9.59 Å². The van der Waals surface area contributed by atoms with Crippen molar-refractivity contribution in [1.82, 2.24) is 15.1 Å². The molecule has 0 aliphatic carbocycles.